The molecular formula is C25H27N3O3S. The summed E-state index contributed by atoms with van der Waals surface area (Å²) in [6.07, 6.45) is 0.191. The molecular weight excluding hydrogens is 422 g/mol. The average molecular weight is 450 g/mol. The molecule has 2 atom stereocenters. The van der Waals surface area contributed by atoms with Crippen LogP contribution in [0.25, 0.3) is 0 Å². The van der Waals surface area contributed by atoms with Crippen LogP contribution in [0.5, 0.6) is 5.75 Å². The summed E-state index contributed by atoms with van der Waals surface area (Å²) in [5.41, 5.74) is 1.84. The van der Waals surface area contributed by atoms with E-state index in [0.717, 1.165) is 22.5 Å². The summed E-state index contributed by atoms with van der Waals surface area (Å²) in [6, 6.07) is 21.3. The number of benzene rings is 2. The number of para-hydroxylation sites is 2. The zero-order chi connectivity index (χ0) is 22.3. The van der Waals surface area contributed by atoms with Gasteiger partial charge in [-0.05, 0) is 35.6 Å². The predicted molar refractivity (Wildman–Crippen MR) is 127 cm³/mol. The first kappa shape index (κ1) is 21.9. The van der Waals surface area contributed by atoms with E-state index < -0.39 is 6.10 Å². The standard InChI is InChI=1S/C25H27N3O3S/c1-2-14-26-25(30)21-16-28(19-11-6-7-12-20(19)31-21)17-23(29)27-24(22-13-8-15-32-22)18-9-4-3-5-10-18/h3-13,15,21,24H,2,14,16-17H2,1H3,(H,26,30)(H,27,29). The first-order valence-corrected chi connectivity index (χ1v) is 11.7. The summed E-state index contributed by atoms with van der Waals surface area (Å²) in [4.78, 5) is 28.7. The van der Waals surface area contributed by atoms with Crippen LogP contribution in [0.3, 0.4) is 0 Å². The summed E-state index contributed by atoms with van der Waals surface area (Å²) in [5.74, 6) is 0.338. The van der Waals surface area contributed by atoms with Gasteiger partial charge in [-0.1, -0.05) is 55.5 Å². The lowest BCUT2D eigenvalue weighted by molar-refractivity contribution is -0.128. The van der Waals surface area contributed by atoms with Crippen LogP contribution in [0, 0.1) is 0 Å². The molecule has 0 spiro atoms. The summed E-state index contributed by atoms with van der Waals surface area (Å²) < 4.78 is 5.93. The van der Waals surface area contributed by atoms with E-state index in [0.29, 0.717) is 18.8 Å². The number of rotatable bonds is 8. The number of nitrogens with zero attached hydrogens (tertiary/aromatic N) is 1. The molecule has 6 nitrogen and oxygen atoms in total. The van der Waals surface area contributed by atoms with Gasteiger partial charge in [0.1, 0.15) is 5.75 Å². The van der Waals surface area contributed by atoms with Crippen LogP contribution < -0.4 is 20.3 Å². The zero-order valence-corrected chi connectivity index (χ0v) is 18.8. The third kappa shape index (κ3) is 5.11. The minimum absolute atomic E-state index is 0.114. The number of fused-ring (bicyclic) bond motifs is 1. The van der Waals surface area contributed by atoms with Crippen LogP contribution in [-0.4, -0.2) is 37.6 Å². The molecule has 3 aromatic rings. The van der Waals surface area contributed by atoms with E-state index in [1.54, 1.807) is 11.3 Å². The minimum Gasteiger partial charge on any atom is -0.477 e. The number of amides is 2. The van der Waals surface area contributed by atoms with Crippen LogP contribution in [0.2, 0.25) is 0 Å². The molecule has 7 heteroatoms. The fourth-order valence-corrected chi connectivity index (χ4v) is 4.56. The Kier molecular flexibility index (Phi) is 7.07. The predicted octanol–water partition coefficient (Wildman–Crippen LogP) is 3.75. The fraction of sp³-hybridized carbons (Fsp3) is 0.280. The van der Waals surface area contributed by atoms with Gasteiger partial charge in [0, 0.05) is 11.4 Å². The smallest absolute Gasteiger partial charge is 0.262 e. The van der Waals surface area contributed by atoms with Crippen molar-refractivity contribution < 1.29 is 14.3 Å². The SMILES string of the molecule is CCCNC(=O)C1CN(CC(=O)NC(c2ccccc2)c2cccs2)c2ccccc2O1. The molecule has 0 aliphatic carbocycles. The zero-order valence-electron chi connectivity index (χ0n) is 18.0. The highest BCUT2D eigenvalue weighted by molar-refractivity contribution is 7.10. The second-order valence-electron chi connectivity index (χ2n) is 7.67. The maximum absolute atomic E-state index is 13.2. The molecule has 2 heterocycles. The maximum atomic E-state index is 13.2. The molecule has 2 unspecified atom stereocenters. The molecule has 1 aromatic heterocycles. The van der Waals surface area contributed by atoms with Crippen LogP contribution in [0.4, 0.5) is 5.69 Å². The number of ether oxygens (including phenoxy) is 1. The lowest BCUT2D eigenvalue weighted by Crippen LogP contribution is -2.51. The Balaban J connectivity index is 1.51. The highest BCUT2D eigenvalue weighted by atomic mass is 32.1. The third-order valence-corrected chi connectivity index (χ3v) is 6.24. The van der Waals surface area contributed by atoms with E-state index in [2.05, 4.69) is 10.6 Å². The Morgan fingerprint density at radius 2 is 1.88 bits per heavy atom. The second-order valence-corrected chi connectivity index (χ2v) is 8.65. The van der Waals surface area contributed by atoms with Crippen LogP contribution in [0.1, 0.15) is 29.8 Å². The number of carbonyl (C=O) groups excluding carboxylic acids is 2. The van der Waals surface area contributed by atoms with E-state index in [9.17, 15) is 9.59 Å². The first-order chi connectivity index (χ1) is 15.7. The summed E-state index contributed by atoms with van der Waals surface area (Å²) in [6.45, 7) is 3.05. The Labute approximate surface area is 192 Å². The molecule has 166 valence electrons. The molecule has 0 fully saturated rings. The van der Waals surface area contributed by atoms with E-state index in [-0.39, 0.29) is 24.4 Å². The Morgan fingerprint density at radius 1 is 1.09 bits per heavy atom. The Hall–Kier alpha value is -3.32. The van der Waals surface area contributed by atoms with Gasteiger partial charge in [0.15, 0.2) is 6.10 Å². The van der Waals surface area contributed by atoms with Crippen molar-refractivity contribution in [2.45, 2.75) is 25.5 Å². The normalized spacial score (nSPS) is 15.9. The molecule has 32 heavy (non-hydrogen) atoms. The molecule has 2 N–H and O–H groups in total. The molecule has 1 aliphatic rings. The van der Waals surface area contributed by atoms with Gasteiger partial charge in [-0.15, -0.1) is 11.3 Å². The van der Waals surface area contributed by atoms with Crippen LogP contribution >= 0.6 is 11.3 Å². The van der Waals surface area contributed by atoms with Gasteiger partial charge in [0.25, 0.3) is 5.91 Å². The number of anilines is 1. The molecule has 0 radical (unpaired) electrons. The third-order valence-electron chi connectivity index (χ3n) is 5.30. The number of carbonyl (C=O) groups is 2. The van der Waals surface area contributed by atoms with E-state index in [1.165, 1.54) is 0 Å². The molecule has 4 rings (SSSR count). The Morgan fingerprint density at radius 3 is 2.62 bits per heavy atom. The Bertz CT molecular complexity index is 1040. The van der Waals surface area contributed by atoms with Crippen molar-refractivity contribution in [3.05, 3.63) is 82.6 Å². The number of thiophene rings is 1. The van der Waals surface area contributed by atoms with Crippen molar-refractivity contribution in [1.29, 1.82) is 0 Å². The van der Waals surface area contributed by atoms with Gasteiger partial charge in [-0.3, -0.25) is 9.59 Å². The molecule has 2 amide bonds. The van der Waals surface area contributed by atoms with E-state index >= 15 is 0 Å². The summed E-state index contributed by atoms with van der Waals surface area (Å²) >= 11 is 1.61. The fourth-order valence-electron chi connectivity index (χ4n) is 3.76. The van der Waals surface area contributed by atoms with Gasteiger partial charge in [-0.25, -0.2) is 0 Å². The minimum atomic E-state index is -0.661. The largest absolute Gasteiger partial charge is 0.477 e. The molecule has 0 saturated heterocycles. The summed E-state index contributed by atoms with van der Waals surface area (Å²) in [5, 5.41) is 8.08. The van der Waals surface area contributed by atoms with Gasteiger partial charge in [0.05, 0.1) is 24.8 Å². The second kappa shape index (κ2) is 10.3. The number of hydrogen-bond acceptors (Lipinski definition) is 5. The van der Waals surface area contributed by atoms with Crippen molar-refractivity contribution in [3.8, 4) is 5.75 Å². The van der Waals surface area contributed by atoms with Crippen molar-refractivity contribution in [1.82, 2.24) is 10.6 Å². The topological polar surface area (TPSA) is 70.7 Å². The molecule has 2 aromatic carbocycles. The van der Waals surface area contributed by atoms with Crippen LogP contribution in [-0.2, 0) is 9.59 Å². The van der Waals surface area contributed by atoms with Gasteiger partial charge in [0.2, 0.25) is 5.91 Å². The van der Waals surface area contributed by atoms with Crippen molar-refractivity contribution in [3.63, 3.8) is 0 Å². The number of nitrogens with one attached hydrogen (secondary N) is 2. The lowest BCUT2D eigenvalue weighted by atomic mass is 10.1. The highest BCUT2D eigenvalue weighted by Gasteiger charge is 2.31. The quantitative estimate of drug-likeness (QED) is 0.550. The lowest BCUT2D eigenvalue weighted by Gasteiger charge is -2.35. The molecule has 0 saturated carbocycles. The van der Waals surface area contributed by atoms with Gasteiger partial charge < -0.3 is 20.3 Å². The van der Waals surface area contributed by atoms with Crippen molar-refractivity contribution >= 4 is 28.8 Å². The maximum Gasteiger partial charge on any atom is 0.262 e. The van der Waals surface area contributed by atoms with Crippen LogP contribution in [0.15, 0.2) is 72.1 Å². The first-order valence-electron chi connectivity index (χ1n) is 10.8. The summed E-state index contributed by atoms with van der Waals surface area (Å²) in [7, 11) is 0. The number of hydrogen-bond donors (Lipinski definition) is 2. The average Bonchev–Trinajstić information content (AvgIpc) is 3.36. The van der Waals surface area contributed by atoms with Crippen molar-refractivity contribution in [2.75, 3.05) is 24.5 Å². The van der Waals surface area contributed by atoms with Gasteiger partial charge >= 0.3 is 0 Å². The molecule has 0 bridgehead atoms. The monoisotopic (exact) mass is 449 g/mol. The molecule has 1 aliphatic heterocycles. The highest BCUT2D eigenvalue weighted by Crippen LogP contribution is 2.33. The van der Waals surface area contributed by atoms with Gasteiger partial charge in [-0.2, -0.15) is 0 Å². The van der Waals surface area contributed by atoms with Crippen molar-refractivity contribution in [2.24, 2.45) is 0 Å². The van der Waals surface area contributed by atoms with E-state index in [4.69, 9.17) is 4.74 Å². The van der Waals surface area contributed by atoms with E-state index in [1.807, 2.05) is 83.9 Å².